The molecule has 2 heterocycles. The van der Waals surface area contributed by atoms with Crippen molar-refractivity contribution < 1.29 is 13.9 Å². The molecule has 0 unspecified atom stereocenters. The van der Waals surface area contributed by atoms with Crippen molar-refractivity contribution in [3.05, 3.63) is 113 Å². The number of anilines is 1. The maximum Gasteiger partial charge on any atom is 0.291 e. The van der Waals surface area contributed by atoms with Gasteiger partial charge in [0.05, 0.1) is 18.4 Å². The summed E-state index contributed by atoms with van der Waals surface area (Å²) in [5.41, 5.74) is 2.68. The minimum absolute atomic E-state index is 0.202. The number of nitrogens with one attached hydrogen (secondary N) is 1. The fourth-order valence-corrected chi connectivity index (χ4v) is 3.31. The normalized spacial score (nSPS) is 10.7. The van der Waals surface area contributed by atoms with Crippen LogP contribution in [-0.2, 0) is 19.6 Å². The lowest BCUT2D eigenvalue weighted by Crippen LogP contribution is -2.10. The van der Waals surface area contributed by atoms with Gasteiger partial charge >= 0.3 is 0 Å². The van der Waals surface area contributed by atoms with E-state index in [4.69, 9.17) is 20.8 Å². The van der Waals surface area contributed by atoms with Crippen molar-refractivity contribution in [2.24, 2.45) is 0 Å². The van der Waals surface area contributed by atoms with Gasteiger partial charge < -0.3 is 14.5 Å². The third-order valence-corrected chi connectivity index (χ3v) is 4.99. The summed E-state index contributed by atoms with van der Waals surface area (Å²) in [5.74, 6) is 1.17. The van der Waals surface area contributed by atoms with E-state index in [-0.39, 0.29) is 18.3 Å². The highest BCUT2D eigenvalue weighted by Gasteiger charge is 2.13. The minimum Gasteiger partial charge on any atom is -0.485 e. The smallest absolute Gasteiger partial charge is 0.291 e. The lowest BCUT2D eigenvalue weighted by Gasteiger charge is -2.08. The number of ether oxygens (including phenoxy) is 1. The average Bonchev–Trinajstić information content (AvgIpc) is 3.45. The number of carbonyl (C=O) groups is 1. The van der Waals surface area contributed by atoms with Gasteiger partial charge in [0.1, 0.15) is 18.1 Å². The average molecular weight is 448 g/mol. The van der Waals surface area contributed by atoms with Gasteiger partial charge in [0, 0.05) is 11.2 Å². The van der Waals surface area contributed by atoms with E-state index in [0.29, 0.717) is 29.4 Å². The molecule has 0 aliphatic heterocycles. The first kappa shape index (κ1) is 21.5. The number of amides is 1. The quantitative estimate of drug-likeness (QED) is 0.332. The van der Waals surface area contributed by atoms with Crippen LogP contribution in [-0.4, -0.2) is 15.7 Å². The molecule has 2 aromatic heterocycles. The summed E-state index contributed by atoms with van der Waals surface area (Å²) in [6.07, 6.45) is 5.90. The molecular weight excluding hydrogens is 426 g/mol. The van der Waals surface area contributed by atoms with Crippen molar-refractivity contribution >= 4 is 23.2 Å². The molecule has 162 valence electrons. The number of hydrogen-bond donors (Lipinski definition) is 1. The summed E-state index contributed by atoms with van der Waals surface area (Å²) in [4.78, 5) is 12.5. The number of hydrogen-bond acceptors (Lipinski definition) is 4. The van der Waals surface area contributed by atoms with Crippen LogP contribution in [0.3, 0.4) is 0 Å². The Hall–Kier alpha value is -3.77. The third kappa shape index (κ3) is 5.47. The molecule has 4 aromatic rings. The van der Waals surface area contributed by atoms with Crippen LogP contribution in [0.2, 0.25) is 5.02 Å². The van der Waals surface area contributed by atoms with E-state index in [9.17, 15) is 4.79 Å². The predicted octanol–water partition coefficient (Wildman–Crippen LogP) is 5.74. The van der Waals surface area contributed by atoms with Crippen LogP contribution in [0.4, 0.5) is 5.69 Å². The molecule has 4 rings (SSSR count). The molecule has 0 spiro atoms. The van der Waals surface area contributed by atoms with Crippen LogP contribution in [0, 0.1) is 0 Å². The summed E-state index contributed by atoms with van der Waals surface area (Å²) < 4.78 is 13.3. The molecule has 1 amide bonds. The number of aromatic nitrogens is 2. The second-order valence-electron chi connectivity index (χ2n) is 7.16. The highest BCUT2D eigenvalue weighted by Crippen LogP contribution is 2.21. The first-order valence-corrected chi connectivity index (χ1v) is 10.5. The van der Waals surface area contributed by atoms with Gasteiger partial charge in [-0.3, -0.25) is 9.48 Å². The van der Waals surface area contributed by atoms with Crippen molar-refractivity contribution in [3.8, 4) is 5.75 Å². The second-order valence-corrected chi connectivity index (χ2v) is 7.60. The van der Waals surface area contributed by atoms with Gasteiger partial charge in [-0.2, -0.15) is 5.10 Å². The number of benzene rings is 2. The number of rotatable bonds is 9. The van der Waals surface area contributed by atoms with Gasteiger partial charge in [0.15, 0.2) is 5.76 Å². The number of para-hydroxylation sites is 1. The zero-order chi connectivity index (χ0) is 22.3. The molecule has 0 fully saturated rings. The lowest BCUT2D eigenvalue weighted by atomic mass is 10.1. The number of carbonyl (C=O) groups excluding carboxylic acids is 1. The Balaban J connectivity index is 1.33. The highest BCUT2D eigenvalue weighted by atomic mass is 35.5. The van der Waals surface area contributed by atoms with Crippen molar-refractivity contribution in [2.45, 2.75) is 19.6 Å². The van der Waals surface area contributed by atoms with Crippen LogP contribution < -0.4 is 10.1 Å². The SMILES string of the molecule is C=CCc1ccccc1OCc1ccc(C(=O)Nc2cnn(Cc3ccc(Cl)cc3)c2)o1. The fraction of sp³-hybridized carbons (Fsp3) is 0.120. The molecule has 32 heavy (non-hydrogen) atoms. The van der Waals surface area contributed by atoms with E-state index in [0.717, 1.165) is 16.9 Å². The molecule has 0 radical (unpaired) electrons. The summed E-state index contributed by atoms with van der Waals surface area (Å²) in [7, 11) is 0. The second kappa shape index (κ2) is 10.0. The van der Waals surface area contributed by atoms with Gasteiger partial charge in [-0.15, -0.1) is 6.58 Å². The molecule has 0 bridgehead atoms. The lowest BCUT2D eigenvalue weighted by molar-refractivity contribution is 0.0992. The van der Waals surface area contributed by atoms with Crippen LogP contribution in [0.1, 0.15) is 27.4 Å². The van der Waals surface area contributed by atoms with Gasteiger partial charge in [0.2, 0.25) is 0 Å². The molecule has 0 aliphatic carbocycles. The van der Waals surface area contributed by atoms with Gasteiger partial charge in [0.25, 0.3) is 5.91 Å². The van der Waals surface area contributed by atoms with Crippen molar-refractivity contribution in [3.63, 3.8) is 0 Å². The van der Waals surface area contributed by atoms with Crippen molar-refractivity contribution in [1.82, 2.24) is 9.78 Å². The van der Waals surface area contributed by atoms with E-state index < -0.39 is 0 Å². The van der Waals surface area contributed by atoms with Gasteiger partial charge in [-0.25, -0.2) is 0 Å². The van der Waals surface area contributed by atoms with Crippen LogP contribution in [0.25, 0.3) is 0 Å². The number of allylic oxidation sites excluding steroid dienone is 1. The molecule has 0 atom stereocenters. The molecule has 6 nitrogen and oxygen atoms in total. The Morgan fingerprint density at radius 1 is 1.16 bits per heavy atom. The maximum atomic E-state index is 12.5. The molecule has 0 aliphatic rings. The van der Waals surface area contributed by atoms with E-state index in [1.807, 2.05) is 54.6 Å². The standard InChI is InChI=1S/C25H22ClN3O3/c1-2-5-19-6-3-4-7-23(19)31-17-22-12-13-24(32-22)25(30)28-21-14-27-29(16-21)15-18-8-10-20(26)11-9-18/h2-4,6-14,16H,1,5,15,17H2,(H,28,30). The zero-order valence-corrected chi connectivity index (χ0v) is 18.1. The number of halogens is 1. The van der Waals surface area contributed by atoms with Crippen molar-refractivity contribution in [1.29, 1.82) is 0 Å². The van der Waals surface area contributed by atoms with E-state index >= 15 is 0 Å². The topological polar surface area (TPSA) is 69.3 Å². The molecule has 1 N–H and O–H groups in total. The van der Waals surface area contributed by atoms with Crippen LogP contribution in [0.15, 0.2) is 90.1 Å². The molecular formula is C25H22ClN3O3. The van der Waals surface area contributed by atoms with E-state index in [2.05, 4.69) is 17.0 Å². The van der Waals surface area contributed by atoms with E-state index in [1.165, 1.54) is 0 Å². The third-order valence-electron chi connectivity index (χ3n) is 4.74. The van der Waals surface area contributed by atoms with E-state index in [1.54, 1.807) is 29.2 Å². The monoisotopic (exact) mass is 447 g/mol. The van der Waals surface area contributed by atoms with Crippen LogP contribution in [0.5, 0.6) is 5.75 Å². The number of nitrogens with zero attached hydrogens (tertiary/aromatic N) is 2. The summed E-state index contributed by atoms with van der Waals surface area (Å²) in [5, 5.41) is 7.77. The fourth-order valence-electron chi connectivity index (χ4n) is 3.18. The molecule has 0 saturated carbocycles. The van der Waals surface area contributed by atoms with Crippen LogP contribution >= 0.6 is 11.6 Å². The largest absolute Gasteiger partial charge is 0.485 e. The molecule has 2 aromatic carbocycles. The summed E-state index contributed by atoms with van der Waals surface area (Å²) in [6.45, 7) is 4.56. The maximum absolute atomic E-state index is 12.5. The van der Waals surface area contributed by atoms with Gasteiger partial charge in [-0.1, -0.05) is 48.0 Å². The molecule has 7 heteroatoms. The highest BCUT2D eigenvalue weighted by molar-refractivity contribution is 6.30. The first-order chi connectivity index (χ1) is 15.6. The number of furan rings is 1. The first-order valence-electron chi connectivity index (χ1n) is 10.1. The Labute approximate surface area is 191 Å². The Morgan fingerprint density at radius 2 is 1.97 bits per heavy atom. The Kier molecular flexibility index (Phi) is 6.72. The predicted molar refractivity (Wildman–Crippen MR) is 124 cm³/mol. The summed E-state index contributed by atoms with van der Waals surface area (Å²) >= 11 is 5.92. The minimum atomic E-state index is -0.352. The Morgan fingerprint density at radius 3 is 2.78 bits per heavy atom. The zero-order valence-electron chi connectivity index (χ0n) is 17.3. The molecule has 0 saturated heterocycles. The van der Waals surface area contributed by atoms with Crippen molar-refractivity contribution in [2.75, 3.05) is 5.32 Å². The van der Waals surface area contributed by atoms with Gasteiger partial charge in [-0.05, 0) is 47.9 Å². The summed E-state index contributed by atoms with van der Waals surface area (Å²) in [6, 6.07) is 18.7. The Bertz CT molecular complexity index is 1210.